The Hall–Kier alpha value is -3.15. The molecule has 0 bridgehead atoms. The van der Waals surface area contributed by atoms with Crippen LogP contribution in [0.4, 0.5) is 11.4 Å². The normalized spacial score (nSPS) is 16.7. The number of aromatic nitrogens is 3. The van der Waals surface area contributed by atoms with Gasteiger partial charge in [0.1, 0.15) is 0 Å². The van der Waals surface area contributed by atoms with Gasteiger partial charge < -0.3 is 10.2 Å². The fraction of sp³-hybridized carbons (Fsp3) is 0.250. The van der Waals surface area contributed by atoms with Crippen LogP contribution in [0.3, 0.4) is 0 Å². The molecular formula is C20H21N5O. The molecule has 6 nitrogen and oxygen atoms in total. The number of benzene rings is 1. The number of pyridine rings is 1. The van der Waals surface area contributed by atoms with Gasteiger partial charge >= 0.3 is 0 Å². The van der Waals surface area contributed by atoms with Crippen LogP contribution in [0.15, 0.2) is 61.2 Å². The van der Waals surface area contributed by atoms with E-state index in [2.05, 4.69) is 15.4 Å². The standard InChI is InChI=1S/C20H21N5O/c1-24-14-18(13-22-24)23-17-5-2-4-16(12-17)20(26)25-11-3-6-19(25)15-7-9-21-10-8-15/h2,4-5,7-10,12-14,19,23H,3,6,11H2,1H3/t19-/m0/s1. The number of anilines is 2. The first kappa shape index (κ1) is 16.3. The molecule has 2 aromatic heterocycles. The summed E-state index contributed by atoms with van der Waals surface area (Å²) in [5.74, 6) is 0.0687. The number of carbonyl (C=O) groups excluding carboxylic acids is 1. The lowest BCUT2D eigenvalue weighted by molar-refractivity contribution is 0.0735. The highest BCUT2D eigenvalue weighted by Crippen LogP contribution is 2.33. The van der Waals surface area contributed by atoms with E-state index in [1.807, 2.05) is 54.5 Å². The minimum Gasteiger partial charge on any atom is -0.353 e. The van der Waals surface area contributed by atoms with Gasteiger partial charge in [0, 0.05) is 43.4 Å². The number of likely N-dealkylation sites (tertiary alicyclic amines) is 1. The molecular weight excluding hydrogens is 326 g/mol. The number of carbonyl (C=O) groups is 1. The van der Waals surface area contributed by atoms with Crippen LogP contribution >= 0.6 is 0 Å². The number of amides is 1. The molecule has 1 aliphatic heterocycles. The maximum Gasteiger partial charge on any atom is 0.254 e. The smallest absolute Gasteiger partial charge is 0.254 e. The van der Waals surface area contributed by atoms with Gasteiger partial charge in [0.2, 0.25) is 0 Å². The van der Waals surface area contributed by atoms with Crippen molar-refractivity contribution in [2.45, 2.75) is 18.9 Å². The third-order valence-corrected chi connectivity index (χ3v) is 4.71. The summed E-state index contributed by atoms with van der Waals surface area (Å²) in [6.45, 7) is 0.784. The second-order valence-electron chi connectivity index (χ2n) is 6.55. The molecule has 0 spiro atoms. The van der Waals surface area contributed by atoms with Crippen molar-refractivity contribution in [2.24, 2.45) is 7.05 Å². The Balaban J connectivity index is 1.55. The zero-order valence-electron chi connectivity index (χ0n) is 14.7. The molecule has 0 radical (unpaired) electrons. The van der Waals surface area contributed by atoms with Gasteiger partial charge in [-0.1, -0.05) is 6.07 Å². The van der Waals surface area contributed by atoms with Crippen LogP contribution in [-0.4, -0.2) is 32.1 Å². The van der Waals surface area contributed by atoms with E-state index in [0.717, 1.165) is 36.3 Å². The van der Waals surface area contributed by atoms with Gasteiger partial charge in [-0.05, 0) is 48.7 Å². The van der Waals surface area contributed by atoms with Crippen molar-refractivity contribution >= 4 is 17.3 Å². The topological polar surface area (TPSA) is 63.1 Å². The molecule has 1 aliphatic rings. The zero-order valence-corrected chi connectivity index (χ0v) is 14.7. The number of nitrogens with one attached hydrogen (secondary N) is 1. The Labute approximate surface area is 152 Å². The molecule has 1 saturated heterocycles. The summed E-state index contributed by atoms with van der Waals surface area (Å²) >= 11 is 0. The molecule has 0 unspecified atom stereocenters. The number of rotatable bonds is 4. The van der Waals surface area contributed by atoms with Crippen LogP contribution in [-0.2, 0) is 7.05 Å². The number of nitrogens with zero attached hydrogens (tertiary/aromatic N) is 4. The largest absolute Gasteiger partial charge is 0.353 e. The van der Waals surface area contributed by atoms with Crippen LogP contribution in [0, 0.1) is 0 Å². The van der Waals surface area contributed by atoms with Crippen LogP contribution in [0.5, 0.6) is 0 Å². The van der Waals surface area contributed by atoms with Crippen molar-refractivity contribution in [3.05, 3.63) is 72.3 Å². The van der Waals surface area contributed by atoms with Crippen LogP contribution in [0.25, 0.3) is 0 Å². The SMILES string of the molecule is Cn1cc(Nc2cccc(C(=O)N3CCC[C@H]3c3ccncc3)c2)cn1. The monoisotopic (exact) mass is 347 g/mol. The maximum absolute atomic E-state index is 13.1. The van der Waals surface area contributed by atoms with E-state index in [9.17, 15) is 4.79 Å². The summed E-state index contributed by atoms with van der Waals surface area (Å²) in [4.78, 5) is 19.2. The summed E-state index contributed by atoms with van der Waals surface area (Å²) in [7, 11) is 1.87. The van der Waals surface area contributed by atoms with E-state index in [1.54, 1.807) is 23.3 Å². The fourth-order valence-corrected chi connectivity index (χ4v) is 3.49. The lowest BCUT2D eigenvalue weighted by Crippen LogP contribution is -2.30. The quantitative estimate of drug-likeness (QED) is 0.784. The first-order valence-corrected chi connectivity index (χ1v) is 8.77. The molecule has 26 heavy (non-hydrogen) atoms. The Morgan fingerprint density at radius 2 is 2.04 bits per heavy atom. The molecule has 1 amide bonds. The van der Waals surface area contributed by atoms with Crippen LogP contribution < -0.4 is 5.32 Å². The molecule has 6 heteroatoms. The predicted molar refractivity (Wildman–Crippen MR) is 100 cm³/mol. The van der Waals surface area contributed by atoms with Crippen molar-refractivity contribution in [1.29, 1.82) is 0 Å². The highest BCUT2D eigenvalue weighted by atomic mass is 16.2. The number of hydrogen-bond donors (Lipinski definition) is 1. The van der Waals surface area contributed by atoms with Gasteiger partial charge in [0.05, 0.1) is 17.9 Å². The maximum atomic E-state index is 13.1. The van der Waals surface area contributed by atoms with Gasteiger partial charge in [0.15, 0.2) is 0 Å². The summed E-state index contributed by atoms with van der Waals surface area (Å²) < 4.78 is 1.74. The Morgan fingerprint density at radius 3 is 2.81 bits per heavy atom. The van der Waals surface area contributed by atoms with Crippen LogP contribution in [0.1, 0.15) is 34.8 Å². The highest BCUT2D eigenvalue weighted by molar-refractivity contribution is 5.95. The minimum atomic E-state index is 0.0687. The molecule has 0 aliphatic carbocycles. The summed E-state index contributed by atoms with van der Waals surface area (Å²) in [6.07, 6.45) is 9.24. The molecule has 0 saturated carbocycles. The average Bonchev–Trinajstić information content (AvgIpc) is 3.31. The van der Waals surface area contributed by atoms with Gasteiger partial charge in [-0.2, -0.15) is 5.10 Å². The molecule has 1 N–H and O–H groups in total. The van der Waals surface area contributed by atoms with Gasteiger partial charge in [-0.15, -0.1) is 0 Å². The second kappa shape index (κ2) is 7.00. The van der Waals surface area contributed by atoms with Crippen molar-refractivity contribution < 1.29 is 4.79 Å². The molecule has 1 fully saturated rings. The van der Waals surface area contributed by atoms with Crippen LogP contribution in [0.2, 0.25) is 0 Å². The summed E-state index contributed by atoms with van der Waals surface area (Å²) in [5.41, 5.74) is 3.62. The first-order valence-electron chi connectivity index (χ1n) is 8.77. The molecule has 3 aromatic rings. The average molecular weight is 347 g/mol. The fourth-order valence-electron chi connectivity index (χ4n) is 3.49. The minimum absolute atomic E-state index is 0.0687. The lowest BCUT2D eigenvalue weighted by atomic mass is 10.1. The Bertz CT molecular complexity index is 905. The number of hydrogen-bond acceptors (Lipinski definition) is 4. The zero-order chi connectivity index (χ0) is 17.9. The number of aryl methyl sites for hydroxylation is 1. The van der Waals surface area contributed by atoms with E-state index < -0.39 is 0 Å². The van der Waals surface area contributed by atoms with Crippen molar-refractivity contribution in [1.82, 2.24) is 19.7 Å². The Kier molecular flexibility index (Phi) is 4.39. The van der Waals surface area contributed by atoms with Crippen molar-refractivity contribution in [3.8, 4) is 0 Å². The van der Waals surface area contributed by atoms with E-state index in [-0.39, 0.29) is 11.9 Å². The first-order chi connectivity index (χ1) is 12.7. The Morgan fingerprint density at radius 1 is 1.19 bits per heavy atom. The third kappa shape index (κ3) is 3.31. The van der Waals surface area contributed by atoms with Gasteiger partial charge in [-0.25, -0.2) is 0 Å². The highest BCUT2D eigenvalue weighted by Gasteiger charge is 2.30. The molecule has 132 valence electrons. The third-order valence-electron chi connectivity index (χ3n) is 4.71. The lowest BCUT2D eigenvalue weighted by Gasteiger charge is -2.25. The predicted octanol–water partition coefficient (Wildman–Crippen LogP) is 3.54. The van der Waals surface area contributed by atoms with E-state index in [4.69, 9.17) is 0 Å². The summed E-state index contributed by atoms with van der Waals surface area (Å²) in [6, 6.07) is 11.8. The molecule has 1 atom stereocenters. The van der Waals surface area contributed by atoms with Crippen molar-refractivity contribution in [2.75, 3.05) is 11.9 Å². The summed E-state index contributed by atoms with van der Waals surface area (Å²) in [5, 5.41) is 7.44. The van der Waals surface area contributed by atoms with Gasteiger partial charge in [0.25, 0.3) is 5.91 Å². The van der Waals surface area contributed by atoms with Gasteiger partial charge in [-0.3, -0.25) is 14.5 Å². The molecule has 3 heterocycles. The van der Waals surface area contributed by atoms with E-state index >= 15 is 0 Å². The molecule has 4 rings (SSSR count). The van der Waals surface area contributed by atoms with Crippen molar-refractivity contribution in [3.63, 3.8) is 0 Å². The van der Waals surface area contributed by atoms with E-state index in [0.29, 0.717) is 5.56 Å². The van der Waals surface area contributed by atoms with E-state index in [1.165, 1.54) is 0 Å². The second-order valence-corrected chi connectivity index (χ2v) is 6.55. The molecule has 1 aromatic carbocycles.